The number of nitrogens with one attached hydrogen (secondary N) is 1. The number of carbonyl (C=O) groups excluding carboxylic acids is 1. The van der Waals surface area contributed by atoms with Gasteiger partial charge >= 0.3 is 0 Å². The Hall–Kier alpha value is -2.76. The van der Waals surface area contributed by atoms with Gasteiger partial charge in [0.2, 0.25) is 0 Å². The van der Waals surface area contributed by atoms with E-state index in [0.29, 0.717) is 59.9 Å². The van der Waals surface area contributed by atoms with Crippen LogP contribution in [0.15, 0.2) is 28.9 Å². The van der Waals surface area contributed by atoms with E-state index in [0.717, 1.165) is 19.6 Å². The number of aryl methyl sites for hydroxylation is 1. The molecule has 1 N–H and O–H groups in total. The molecule has 5 heterocycles. The Kier molecular flexibility index (Phi) is 5.94. The molecule has 10 nitrogen and oxygen atoms in total. The molecule has 1 atom stereocenters. The van der Waals surface area contributed by atoms with Crippen LogP contribution < -0.4 is 5.32 Å². The highest BCUT2D eigenvalue weighted by Gasteiger charge is 2.32. The largest absolute Gasteiger partial charge is 0.463 e. The van der Waals surface area contributed by atoms with Crippen molar-refractivity contribution < 1.29 is 22.4 Å². The zero-order chi connectivity index (χ0) is 23.0. The zero-order valence-electron chi connectivity index (χ0n) is 18.5. The Morgan fingerprint density at radius 2 is 2.12 bits per heavy atom. The van der Waals surface area contributed by atoms with Gasteiger partial charge in [-0.1, -0.05) is 0 Å². The summed E-state index contributed by atoms with van der Waals surface area (Å²) in [5.74, 6) is 0.468. The molecule has 0 unspecified atom stereocenters. The second-order valence-corrected chi connectivity index (χ2v) is 10.8. The summed E-state index contributed by atoms with van der Waals surface area (Å²) in [4.78, 5) is 20.3. The summed E-state index contributed by atoms with van der Waals surface area (Å²) in [5, 5.41) is 8.27. The van der Waals surface area contributed by atoms with E-state index in [9.17, 15) is 13.2 Å². The molecule has 33 heavy (non-hydrogen) atoms. The number of nitrogens with zero attached hydrogens (tertiary/aromatic N) is 4. The average Bonchev–Trinajstić information content (AvgIpc) is 3.53. The van der Waals surface area contributed by atoms with Crippen LogP contribution >= 0.6 is 0 Å². The molecule has 3 aromatic rings. The lowest BCUT2D eigenvalue weighted by Gasteiger charge is -2.26. The van der Waals surface area contributed by atoms with Gasteiger partial charge in [0.15, 0.2) is 21.2 Å². The van der Waals surface area contributed by atoms with Crippen molar-refractivity contribution in [3.05, 3.63) is 35.7 Å². The molecular weight excluding hydrogens is 446 g/mol. The molecule has 0 radical (unpaired) electrons. The standard InChI is InChI=1S/C22H27N5O5S/c1-15-20-17(22(28)23-5-6-26-7-10-31-11-8-26)13-18(19-3-2-9-32-19)24-21(20)27(25-15)16-4-12-33(29,30)14-16/h2-3,9,13,16H,4-8,10-12,14H2,1H3,(H,23,28)/t16-/m0/s1. The molecule has 2 saturated heterocycles. The molecule has 2 fully saturated rings. The van der Waals surface area contributed by atoms with Crippen LogP contribution in [0, 0.1) is 6.92 Å². The minimum atomic E-state index is -3.11. The molecule has 176 valence electrons. The van der Waals surface area contributed by atoms with Gasteiger partial charge < -0.3 is 14.5 Å². The van der Waals surface area contributed by atoms with Gasteiger partial charge in [-0.2, -0.15) is 5.10 Å². The maximum Gasteiger partial charge on any atom is 0.252 e. The third-order valence-electron chi connectivity index (χ3n) is 6.23. The highest BCUT2D eigenvalue weighted by molar-refractivity contribution is 7.91. The number of amides is 1. The Morgan fingerprint density at radius 1 is 1.30 bits per heavy atom. The number of hydrogen-bond acceptors (Lipinski definition) is 8. The average molecular weight is 474 g/mol. The summed E-state index contributed by atoms with van der Waals surface area (Å²) >= 11 is 0. The fraction of sp³-hybridized carbons (Fsp3) is 0.500. The molecule has 1 amide bonds. The maximum absolute atomic E-state index is 13.3. The third-order valence-corrected chi connectivity index (χ3v) is 7.98. The lowest BCUT2D eigenvalue weighted by molar-refractivity contribution is 0.0383. The highest BCUT2D eigenvalue weighted by atomic mass is 32.2. The predicted molar refractivity (Wildman–Crippen MR) is 122 cm³/mol. The molecule has 0 aromatic carbocycles. The minimum absolute atomic E-state index is 0.0248. The van der Waals surface area contributed by atoms with Gasteiger partial charge in [0.05, 0.1) is 53.7 Å². The fourth-order valence-corrected chi connectivity index (χ4v) is 6.21. The van der Waals surface area contributed by atoms with Crippen LogP contribution in [0.1, 0.15) is 28.5 Å². The predicted octanol–water partition coefficient (Wildman–Crippen LogP) is 1.42. The summed E-state index contributed by atoms with van der Waals surface area (Å²) in [6.07, 6.45) is 2.03. The molecule has 2 aliphatic rings. The van der Waals surface area contributed by atoms with Crippen molar-refractivity contribution in [2.45, 2.75) is 19.4 Å². The fourth-order valence-electron chi connectivity index (χ4n) is 4.51. The number of carbonyl (C=O) groups is 1. The second kappa shape index (κ2) is 8.88. The van der Waals surface area contributed by atoms with Crippen LogP contribution in [-0.2, 0) is 14.6 Å². The Bertz CT molecular complexity index is 1260. The van der Waals surface area contributed by atoms with Crippen LogP contribution in [0.25, 0.3) is 22.5 Å². The number of furan rings is 1. The van der Waals surface area contributed by atoms with Crippen molar-refractivity contribution in [3.8, 4) is 11.5 Å². The number of aromatic nitrogens is 3. The van der Waals surface area contributed by atoms with Gasteiger partial charge in [-0.15, -0.1) is 0 Å². The van der Waals surface area contributed by atoms with Gasteiger partial charge in [-0.05, 0) is 31.5 Å². The molecule has 3 aromatic heterocycles. The van der Waals surface area contributed by atoms with Gasteiger partial charge in [-0.25, -0.2) is 18.1 Å². The molecule has 0 aliphatic carbocycles. The summed E-state index contributed by atoms with van der Waals surface area (Å²) in [7, 11) is -3.11. The first kappa shape index (κ1) is 22.1. The number of ether oxygens (including phenoxy) is 1. The Labute approximate surface area is 191 Å². The van der Waals surface area contributed by atoms with Crippen LogP contribution in [0.2, 0.25) is 0 Å². The van der Waals surface area contributed by atoms with Crippen molar-refractivity contribution in [3.63, 3.8) is 0 Å². The summed E-state index contributed by atoms with van der Waals surface area (Å²) < 4.78 is 36.7. The highest BCUT2D eigenvalue weighted by Crippen LogP contribution is 2.32. The molecule has 0 saturated carbocycles. The van der Waals surface area contributed by atoms with E-state index in [1.54, 1.807) is 29.1 Å². The zero-order valence-corrected chi connectivity index (χ0v) is 19.3. The van der Waals surface area contributed by atoms with Crippen LogP contribution in [0.3, 0.4) is 0 Å². The Balaban J connectivity index is 1.49. The van der Waals surface area contributed by atoms with Crippen LogP contribution in [0.4, 0.5) is 0 Å². The van der Waals surface area contributed by atoms with Gasteiger partial charge in [-0.3, -0.25) is 9.69 Å². The SMILES string of the molecule is Cc1nn([C@H]2CCS(=O)(=O)C2)c2nc(-c3ccco3)cc(C(=O)NCCN3CCOCC3)c12. The van der Waals surface area contributed by atoms with Crippen molar-refractivity contribution in [2.75, 3.05) is 50.9 Å². The lowest BCUT2D eigenvalue weighted by Crippen LogP contribution is -2.41. The van der Waals surface area contributed by atoms with Gasteiger partial charge in [0.25, 0.3) is 5.91 Å². The molecule has 2 aliphatic heterocycles. The number of sulfone groups is 1. The summed E-state index contributed by atoms with van der Waals surface area (Å²) in [6.45, 7) is 6.20. The van der Waals surface area contributed by atoms with Crippen molar-refractivity contribution >= 4 is 26.8 Å². The van der Waals surface area contributed by atoms with Crippen LogP contribution in [-0.4, -0.2) is 84.9 Å². The number of morpholine rings is 1. The van der Waals surface area contributed by atoms with E-state index in [-0.39, 0.29) is 23.5 Å². The van der Waals surface area contributed by atoms with E-state index in [1.807, 2.05) is 6.92 Å². The normalized spacial score (nSPS) is 20.9. The first-order valence-corrected chi connectivity index (χ1v) is 13.0. The molecule has 0 bridgehead atoms. The molecule has 5 rings (SSSR count). The maximum atomic E-state index is 13.3. The number of hydrogen-bond donors (Lipinski definition) is 1. The van der Waals surface area contributed by atoms with E-state index in [4.69, 9.17) is 14.1 Å². The molecule has 0 spiro atoms. The minimum Gasteiger partial charge on any atom is -0.463 e. The topological polar surface area (TPSA) is 120 Å². The number of pyridine rings is 1. The molecule has 11 heteroatoms. The van der Waals surface area contributed by atoms with Crippen molar-refractivity contribution in [2.24, 2.45) is 0 Å². The van der Waals surface area contributed by atoms with Crippen molar-refractivity contribution in [1.82, 2.24) is 25.0 Å². The van der Waals surface area contributed by atoms with E-state index in [1.165, 1.54) is 0 Å². The summed E-state index contributed by atoms with van der Waals surface area (Å²) in [6, 6.07) is 4.95. The monoisotopic (exact) mass is 473 g/mol. The first-order chi connectivity index (χ1) is 15.9. The van der Waals surface area contributed by atoms with Gasteiger partial charge in [0, 0.05) is 26.2 Å². The van der Waals surface area contributed by atoms with E-state index in [2.05, 4.69) is 15.3 Å². The van der Waals surface area contributed by atoms with Crippen LogP contribution in [0.5, 0.6) is 0 Å². The smallest absolute Gasteiger partial charge is 0.252 e. The van der Waals surface area contributed by atoms with E-state index < -0.39 is 9.84 Å². The second-order valence-electron chi connectivity index (χ2n) is 8.53. The quantitative estimate of drug-likeness (QED) is 0.571. The Morgan fingerprint density at radius 3 is 2.82 bits per heavy atom. The third kappa shape index (κ3) is 4.53. The lowest BCUT2D eigenvalue weighted by atomic mass is 10.1. The van der Waals surface area contributed by atoms with Gasteiger partial charge in [0.1, 0.15) is 5.69 Å². The van der Waals surface area contributed by atoms with E-state index >= 15 is 0 Å². The number of rotatable bonds is 6. The first-order valence-electron chi connectivity index (χ1n) is 11.1. The summed E-state index contributed by atoms with van der Waals surface area (Å²) in [5.41, 5.74) is 2.11. The van der Waals surface area contributed by atoms with Crippen molar-refractivity contribution in [1.29, 1.82) is 0 Å². The number of fused-ring (bicyclic) bond motifs is 1. The molecular formula is C22H27N5O5S.